The summed E-state index contributed by atoms with van der Waals surface area (Å²) in [5, 5.41) is 44.2. The lowest BCUT2D eigenvalue weighted by Gasteiger charge is -2.24. The first-order valence-corrected chi connectivity index (χ1v) is 18.7. The maximum Gasteiger partial charge on any atom is 0.333 e. The summed E-state index contributed by atoms with van der Waals surface area (Å²) in [7, 11) is 2.81. The molecular formula is C33H49N5O13S2. The Bertz CT molecular complexity index is 1470. The molecule has 7 atom stereocenters. The van der Waals surface area contributed by atoms with Crippen LogP contribution in [0.5, 0.6) is 17.2 Å². The normalized spacial score (nSPS) is 25.2. The highest BCUT2D eigenvalue weighted by Crippen LogP contribution is 2.52. The number of aliphatic carboxylic acids is 1. The van der Waals surface area contributed by atoms with Crippen molar-refractivity contribution in [1.82, 2.24) is 26.6 Å². The minimum Gasteiger partial charge on any atom is -0.495 e. The van der Waals surface area contributed by atoms with Crippen LogP contribution in [0.15, 0.2) is 17.0 Å². The number of benzene rings is 1. The predicted octanol–water partition coefficient (Wildman–Crippen LogP) is -0.813. The number of hydrogen-bond acceptors (Lipinski definition) is 14. The van der Waals surface area contributed by atoms with Crippen molar-refractivity contribution in [2.45, 2.75) is 84.6 Å². The topological polar surface area (TPSA) is 252 Å². The summed E-state index contributed by atoms with van der Waals surface area (Å²) in [4.78, 5) is 61.4. The van der Waals surface area contributed by atoms with Gasteiger partial charge in [-0.1, -0.05) is 6.42 Å². The molecule has 0 bridgehead atoms. The molecule has 3 fully saturated rings. The third-order valence-electron chi connectivity index (χ3n) is 9.28. The highest BCUT2D eigenvalue weighted by atomic mass is 32.2. The van der Waals surface area contributed by atoms with Gasteiger partial charge in [0.15, 0.2) is 17.7 Å². The predicted molar refractivity (Wildman–Crippen MR) is 193 cm³/mol. The lowest BCUT2D eigenvalue weighted by atomic mass is 10.0. The fraction of sp³-hybridized carbons (Fsp3) is 0.667. The molecule has 2 aliphatic heterocycles. The molecule has 1 aromatic rings. The number of carboxylic acids is 1. The third kappa shape index (κ3) is 10.7. The summed E-state index contributed by atoms with van der Waals surface area (Å²) in [6.07, 6.45) is -1.65. The van der Waals surface area contributed by atoms with Gasteiger partial charge < -0.3 is 65.6 Å². The summed E-state index contributed by atoms with van der Waals surface area (Å²) < 4.78 is 27.2. The molecule has 5 amide bonds. The van der Waals surface area contributed by atoms with Crippen LogP contribution in [-0.4, -0.2) is 145 Å². The average Bonchev–Trinajstić information content (AvgIpc) is 3.33. The van der Waals surface area contributed by atoms with Crippen LogP contribution in [0.2, 0.25) is 0 Å². The van der Waals surface area contributed by atoms with Gasteiger partial charge in [-0.05, 0) is 19.8 Å². The SMILES string of the molecule is COc1cc(OC2(C)CC2(NC(=O)[C@H](O)[C@@H](O)C(=O)NCCOCCOCCNC(=O)CCCC[C@@H]2SC[C@@H]3NC(=O)N[C@@H]32)C(=O)O)cc(OC)c1S. The molecule has 296 valence electrons. The number of aliphatic hydroxyl groups excluding tert-OH is 2. The lowest BCUT2D eigenvalue weighted by molar-refractivity contribution is -0.151. The lowest BCUT2D eigenvalue weighted by Crippen LogP contribution is -2.57. The van der Waals surface area contributed by atoms with Gasteiger partial charge in [0, 0.05) is 49.1 Å². The summed E-state index contributed by atoms with van der Waals surface area (Å²) in [5.74, 6) is -2.18. The Labute approximate surface area is 316 Å². The molecule has 1 aliphatic carbocycles. The minimum absolute atomic E-state index is 0.0338. The van der Waals surface area contributed by atoms with Gasteiger partial charge in [0.1, 0.15) is 22.8 Å². The number of hydrogen-bond donors (Lipinski definition) is 9. The number of thioether (sulfide) groups is 1. The monoisotopic (exact) mass is 787 g/mol. The Morgan fingerprint density at radius 3 is 2.21 bits per heavy atom. The van der Waals surface area contributed by atoms with Crippen LogP contribution in [0.25, 0.3) is 0 Å². The number of ether oxygens (including phenoxy) is 5. The number of methoxy groups -OCH3 is 2. The van der Waals surface area contributed by atoms with Crippen molar-refractivity contribution < 1.29 is 63.0 Å². The number of rotatable bonds is 23. The highest BCUT2D eigenvalue weighted by molar-refractivity contribution is 8.00. The van der Waals surface area contributed by atoms with Gasteiger partial charge in [0.25, 0.3) is 11.8 Å². The Balaban J connectivity index is 1.04. The van der Waals surface area contributed by atoms with Gasteiger partial charge in [-0.3, -0.25) is 14.4 Å². The van der Waals surface area contributed by atoms with E-state index in [9.17, 15) is 39.3 Å². The van der Waals surface area contributed by atoms with Gasteiger partial charge in [0.05, 0.1) is 57.6 Å². The first-order valence-electron chi connectivity index (χ1n) is 17.2. The number of carbonyl (C=O) groups excluding carboxylic acids is 4. The van der Waals surface area contributed by atoms with Crippen LogP contribution < -0.4 is 40.8 Å². The largest absolute Gasteiger partial charge is 0.495 e. The Hall–Kier alpha value is -3.69. The number of aliphatic hydroxyl groups is 2. The van der Waals surface area contributed by atoms with Crippen LogP contribution in [-0.2, 0) is 28.7 Å². The molecule has 3 aliphatic rings. The second-order valence-corrected chi connectivity index (χ2v) is 14.7. The van der Waals surface area contributed by atoms with Gasteiger partial charge in [-0.25, -0.2) is 9.59 Å². The van der Waals surface area contributed by atoms with E-state index in [4.69, 9.17) is 23.7 Å². The Kier molecular flexibility index (Phi) is 15.1. The average molecular weight is 788 g/mol. The van der Waals surface area contributed by atoms with Gasteiger partial charge in [-0.2, -0.15) is 11.8 Å². The van der Waals surface area contributed by atoms with Crippen molar-refractivity contribution in [3.8, 4) is 17.2 Å². The molecule has 53 heavy (non-hydrogen) atoms. The van der Waals surface area contributed by atoms with E-state index in [0.29, 0.717) is 34.6 Å². The molecule has 20 heteroatoms. The van der Waals surface area contributed by atoms with Crippen molar-refractivity contribution >= 4 is 54.1 Å². The van der Waals surface area contributed by atoms with Crippen LogP contribution in [0, 0.1) is 0 Å². The zero-order valence-corrected chi connectivity index (χ0v) is 31.5. The number of fused-ring (bicyclic) bond motifs is 1. The van der Waals surface area contributed by atoms with Crippen LogP contribution in [0.4, 0.5) is 4.79 Å². The molecule has 4 rings (SSSR count). The van der Waals surface area contributed by atoms with Gasteiger partial charge >= 0.3 is 12.0 Å². The highest BCUT2D eigenvalue weighted by Gasteiger charge is 2.74. The second kappa shape index (κ2) is 19.1. The Morgan fingerprint density at radius 2 is 1.58 bits per heavy atom. The van der Waals surface area contributed by atoms with Crippen molar-refractivity contribution in [3.05, 3.63) is 12.1 Å². The number of nitrogens with one attached hydrogen (secondary N) is 5. The fourth-order valence-corrected chi connectivity index (χ4v) is 8.03. The molecular weight excluding hydrogens is 739 g/mol. The standard InChI is InChI=1S/C33H49N5O13S2/c1-32(51-18-14-20(47-2)27(52)21(15-18)48-3)17-33(32,30(44)45)38-29(43)26(41)25(40)28(42)35-9-11-50-13-12-49-10-8-34-23(39)7-5-4-6-22-24-19(16-53-22)36-31(46)37-24/h14-15,19,22,24-26,40-41,52H,4-13,16-17H2,1-3H3,(H,34,39)(H,35,42)(H,38,43)(H,44,45)(H2,36,37,46)/t19-,22-,24-,25+,26+,32?,33?/m0/s1. The Morgan fingerprint density at radius 1 is 0.962 bits per heavy atom. The molecule has 2 unspecified atom stereocenters. The first kappa shape index (κ1) is 42.1. The maximum absolute atomic E-state index is 12.8. The minimum atomic E-state index is -2.28. The summed E-state index contributed by atoms with van der Waals surface area (Å²) >= 11 is 6.18. The number of unbranched alkanes of at least 4 members (excludes halogenated alkanes) is 1. The molecule has 0 spiro atoms. The molecule has 0 radical (unpaired) electrons. The van der Waals surface area contributed by atoms with Crippen LogP contribution in [0.3, 0.4) is 0 Å². The van der Waals surface area contributed by atoms with Crippen molar-refractivity contribution in [2.24, 2.45) is 0 Å². The van der Waals surface area contributed by atoms with Crippen molar-refractivity contribution in [3.63, 3.8) is 0 Å². The molecule has 1 aromatic carbocycles. The van der Waals surface area contributed by atoms with E-state index < -0.39 is 41.1 Å². The number of carboxylic acid groups (broad SMARTS) is 1. The van der Waals surface area contributed by atoms with E-state index in [2.05, 4.69) is 39.2 Å². The quantitative estimate of drug-likeness (QED) is 0.0374. The van der Waals surface area contributed by atoms with E-state index in [1.165, 1.54) is 33.3 Å². The summed E-state index contributed by atoms with van der Waals surface area (Å²) in [5.41, 5.74) is -3.45. The van der Waals surface area contributed by atoms with Crippen molar-refractivity contribution in [2.75, 3.05) is 59.5 Å². The molecule has 2 saturated heterocycles. The van der Waals surface area contributed by atoms with Crippen LogP contribution >= 0.6 is 24.4 Å². The number of urea groups is 1. The first-order chi connectivity index (χ1) is 25.2. The van der Waals surface area contributed by atoms with E-state index in [1.807, 2.05) is 11.8 Å². The number of carbonyl (C=O) groups is 5. The number of amides is 5. The second-order valence-electron chi connectivity index (χ2n) is 13.0. The van der Waals surface area contributed by atoms with E-state index in [1.54, 1.807) is 0 Å². The van der Waals surface area contributed by atoms with E-state index >= 15 is 0 Å². The number of thiol groups is 1. The zero-order valence-electron chi connectivity index (χ0n) is 29.8. The molecule has 0 aromatic heterocycles. The van der Waals surface area contributed by atoms with E-state index in [0.717, 1.165) is 25.0 Å². The smallest absolute Gasteiger partial charge is 0.333 e. The molecule has 8 N–H and O–H groups in total. The summed E-state index contributed by atoms with van der Waals surface area (Å²) in [6, 6.07) is 3.19. The van der Waals surface area contributed by atoms with Crippen LogP contribution in [0.1, 0.15) is 39.0 Å². The molecule has 18 nitrogen and oxygen atoms in total. The molecule has 1 saturated carbocycles. The maximum atomic E-state index is 12.8. The zero-order chi connectivity index (χ0) is 38.8. The van der Waals surface area contributed by atoms with Gasteiger partial charge in [-0.15, -0.1) is 12.6 Å². The van der Waals surface area contributed by atoms with E-state index in [-0.39, 0.29) is 69.2 Å². The summed E-state index contributed by atoms with van der Waals surface area (Å²) in [6.45, 7) is 2.46. The molecule has 2 heterocycles. The van der Waals surface area contributed by atoms with Crippen molar-refractivity contribution in [1.29, 1.82) is 0 Å². The fourth-order valence-electron chi connectivity index (χ4n) is 6.17. The third-order valence-corrected chi connectivity index (χ3v) is 11.2. The van der Waals surface area contributed by atoms with Gasteiger partial charge in [0.2, 0.25) is 5.91 Å².